The van der Waals surface area contributed by atoms with Gasteiger partial charge in [-0.05, 0) is 37.1 Å². The molecule has 1 atom stereocenters. The number of carbonyl (C=O) groups is 2. The molecule has 1 aliphatic heterocycles. The minimum atomic E-state index is -0.356. The molecule has 2 aromatic rings. The maximum Gasteiger partial charge on any atom is 0.253 e. The van der Waals surface area contributed by atoms with Crippen molar-refractivity contribution in [3.8, 4) is 0 Å². The number of rotatable bonds is 4. The summed E-state index contributed by atoms with van der Waals surface area (Å²) in [6, 6.07) is 16.0. The molecule has 22 heavy (non-hydrogen) atoms. The molecule has 1 amide bonds. The highest BCUT2D eigenvalue weighted by Gasteiger charge is 2.23. The summed E-state index contributed by atoms with van der Waals surface area (Å²) in [4.78, 5) is 24.2. The fourth-order valence-electron chi connectivity index (χ4n) is 2.47. The molecule has 112 valence electrons. The average Bonchev–Trinajstić information content (AvgIpc) is 3.10. The van der Waals surface area contributed by atoms with Crippen LogP contribution in [-0.4, -0.2) is 24.4 Å². The van der Waals surface area contributed by atoms with Gasteiger partial charge in [-0.1, -0.05) is 30.3 Å². The van der Waals surface area contributed by atoms with Crippen molar-refractivity contribution in [2.75, 3.05) is 11.9 Å². The second-order valence-corrected chi connectivity index (χ2v) is 5.26. The molecule has 4 heteroatoms. The van der Waals surface area contributed by atoms with Gasteiger partial charge >= 0.3 is 0 Å². The molecule has 1 fully saturated rings. The smallest absolute Gasteiger partial charge is 0.253 e. The van der Waals surface area contributed by atoms with E-state index >= 15 is 0 Å². The lowest BCUT2D eigenvalue weighted by molar-refractivity contribution is -0.124. The largest absolute Gasteiger partial charge is 0.368 e. The first-order chi connectivity index (χ1) is 10.7. The van der Waals surface area contributed by atoms with Gasteiger partial charge in [0.2, 0.25) is 0 Å². The number of carbonyl (C=O) groups excluding carboxylic acids is 2. The number of nitrogens with one attached hydrogen (secondary N) is 1. The van der Waals surface area contributed by atoms with Crippen LogP contribution in [0.2, 0.25) is 0 Å². The van der Waals surface area contributed by atoms with Crippen LogP contribution in [-0.2, 0) is 9.53 Å². The Kier molecular flexibility index (Phi) is 4.30. The zero-order valence-electron chi connectivity index (χ0n) is 12.1. The minimum Gasteiger partial charge on any atom is -0.368 e. The van der Waals surface area contributed by atoms with Crippen LogP contribution in [0.5, 0.6) is 0 Å². The lowest BCUT2D eigenvalue weighted by Crippen LogP contribution is -2.26. The molecule has 1 aliphatic rings. The highest BCUT2D eigenvalue weighted by atomic mass is 16.5. The summed E-state index contributed by atoms with van der Waals surface area (Å²) in [5.41, 5.74) is 1.92. The van der Waals surface area contributed by atoms with Crippen LogP contribution in [0.4, 0.5) is 5.69 Å². The minimum absolute atomic E-state index is 0.0300. The Morgan fingerprint density at radius 1 is 0.955 bits per heavy atom. The molecular weight excluding hydrogens is 278 g/mol. The summed E-state index contributed by atoms with van der Waals surface area (Å²) >= 11 is 0. The lowest BCUT2D eigenvalue weighted by atomic mass is 10.0. The van der Waals surface area contributed by atoms with Crippen molar-refractivity contribution in [2.45, 2.75) is 18.9 Å². The third-order valence-electron chi connectivity index (χ3n) is 3.67. The standard InChI is InChI=1S/C18H17NO3/c20-17(13-5-2-1-3-6-13)14-8-10-15(11-9-14)19-18(21)16-7-4-12-22-16/h1-3,5-6,8-11,16H,4,7,12H2,(H,19,21)/t16-/m1/s1. The molecule has 0 unspecified atom stereocenters. The molecule has 0 aromatic heterocycles. The van der Waals surface area contributed by atoms with Gasteiger partial charge in [-0.2, -0.15) is 0 Å². The molecule has 1 heterocycles. The number of anilines is 1. The molecule has 1 saturated heterocycles. The zero-order chi connectivity index (χ0) is 15.4. The Hall–Kier alpha value is -2.46. The van der Waals surface area contributed by atoms with Gasteiger partial charge in [-0.25, -0.2) is 0 Å². The molecule has 4 nitrogen and oxygen atoms in total. The first-order valence-electron chi connectivity index (χ1n) is 7.36. The number of benzene rings is 2. The van der Waals surface area contributed by atoms with Gasteiger partial charge in [0.15, 0.2) is 5.78 Å². The molecular formula is C18H17NO3. The van der Waals surface area contributed by atoms with E-state index in [0.29, 0.717) is 23.4 Å². The Labute approximate surface area is 129 Å². The number of hydrogen-bond acceptors (Lipinski definition) is 3. The molecule has 1 N–H and O–H groups in total. The van der Waals surface area contributed by atoms with Crippen molar-refractivity contribution in [2.24, 2.45) is 0 Å². The van der Waals surface area contributed by atoms with Crippen LogP contribution in [0.3, 0.4) is 0 Å². The molecule has 0 radical (unpaired) electrons. The summed E-state index contributed by atoms with van der Waals surface area (Å²) in [6.45, 7) is 0.641. The van der Waals surface area contributed by atoms with E-state index in [2.05, 4.69) is 5.32 Å². The van der Waals surface area contributed by atoms with Crippen LogP contribution in [0, 0.1) is 0 Å². The third kappa shape index (κ3) is 3.23. The van der Waals surface area contributed by atoms with Gasteiger partial charge in [0, 0.05) is 23.4 Å². The maximum atomic E-state index is 12.3. The van der Waals surface area contributed by atoms with Gasteiger partial charge < -0.3 is 10.1 Å². The normalized spacial score (nSPS) is 17.2. The van der Waals surface area contributed by atoms with E-state index in [4.69, 9.17) is 4.74 Å². The van der Waals surface area contributed by atoms with E-state index in [9.17, 15) is 9.59 Å². The Bertz CT molecular complexity index is 658. The molecule has 0 spiro atoms. The van der Waals surface area contributed by atoms with Crippen molar-refractivity contribution >= 4 is 17.4 Å². The van der Waals surface area contributed by atoms with Crippen LogP contribution in [0.25, 0.3) is 0 Å². The van der Waals surface area contributed by atoms with Crippen molar-refractivity contribution in [3.63, 3.8) is 0 Å². The van der Waals surface area contributed by atoms with E-state index < -0.39 is 0 Å². The van der Waals surface area contributed by atoms with Gasteiger partial charge in [0.1, 0.15) is 6.10 Å². The van der Waals surface area contributed by atoms with E-state index in [1.54, 1.807) is 36.4 Å². The van der Waals surface area contributed by atoms with Gasteiger partial charge in [0.05, 0.1) is 0 Å². The van der Waals surface area contributed by atoms with Crippen molar-refractivity contribution in [1.82, 2.24) is 0 Å². The fraction of sp³-hybridized carbons (Fsp3) is 0.222. The van der Waals surface area contributed by atoms with Crippen LogP contribution < -0.4 is 5.32 Å². The van der Waals surface area contributed by atoms with E-state index in [-0.39, 0.29) is 17.8 Å². The van der Waals surface area contributed by atoms with Crippen LogP contribution >= 0.6 is 0 Å². The first kappa shape index (κ1) is 14.5. The maximum absolute atomic E-state index is 12.3. The van der Waals surface area contributed by atoms with Crippen molar-refractivity contribution < 1.29 is 14.3 Å². The summed E-state index contributed by atoms with van der Waals surface area (Å²) in [6.07, 6.45) is 1.32. The molecule has 0 saturated carbocycles. The van der Waals surface area contributed by atoms with E-state index in [1.165, 1.54) is 0 Å². The Morgan fingerprint density at radius 2 is 1.64 bits per heavy atom. The summed E-state index contributed by atoms with van der Waals surface area (Å²) in [5, 5.41) is 2.81. The quantitative estimate of drug-likeness (QED) is 0.882. The van der Waals surface area contributed by atoms with Crippen molar-refractivity contribution in [1.29, 1.82) is 0 Å². The Balaban J connectivity index is 1.67. The van der Waals surface area contributed by atoms with Gasteiger partial charge in [-0.15, -0.1) is 0 Å². The summed E-state index contributed by atoms with van der Waals surface area (Å²) < 4.78 is 5.34. The lowest BCUT2D eigenvalue weighted by Gasteiger charge is -2.10. The molecule has 0 bridgehead atoms. The second kappa shape index (κ2) is 6.54. The Morgan fingerprint density at radius 3 is 2.27 bits per heavy atom. The summed E-state index contributed by atoms with van der Waals surface area (Å²) in [7, 11) is 0. The highest BCUT2D eigenvalue weighted by Crippen LogP contribution is 2.17. The number of ether oxygens (including phenoxy) is 1. The number of hydrogen-bond donors (Lipinski definition) is 1. The fourth-order valence-corrected chi connectivity index (χ4v) is 2.47. The van der Waals surface area contributed by atoms with Gasteiger partial charge in [0.25, 0.3) is 5.91 Å². The van der Waals surface area contributed by atoms with Crippen LogP contribution in [0.1, 0.15) is 28.8 Å². The SMILES string of the molecule is O=C(c1ccccc1)c1ccc(NC(=O)[C@H]2CCCO2)cc1. The monoisotopic (exact) mass is 295 g/mol. The first-order valence-corrected chi connectivity index (χ1v) is 7.36. The highest BCUT2D eigenvalue weighted by molar-refractivity contribution is 6.09. The molecule has 0 aliphatic carbocycles. The molecule has 2 aromatic carbocycles. The second-order valence-electron chi connectivity index (χ2n) is 5.26. The van der Waals surface area contributed by atoms with Gasteiger partial charge in [-0.3, -0.25) is 9.59 Å². The molecule has 3 rings (SSSR count). The zero-order valence-corrected chi connectivity index (χ0v) is 12.1. The number of amides is 1. The predicted molar refractivity (Wildman–Crippen MR) is 83.9 cm³/mol. The van der Waals surface area contributed by atoms with E-state index in [1.807, 2.05) is 18.2 Å². The van der Waals surface area contributed by atoms with Crippen molar-refractivity contribution in [3.05, 3.63) is 65.7 Å². The van der Waals surface area contributed by atoms with Crippen LogP contribution in [0.15, 0.2) is 54.6 Å². The number of ketones is 1. The predicted octanol–water partition coefficient (Wildman–Crippen LogP) is 3.04. The van der Waals surface area contributed by atoms with E-state index in [0.717, 1.165) is 12.8 Å². The topological polar surface area (TPSA) is 55.4 Å². The summed E-state index contributed by atoms with van der Waals surface area (Å²) in [5.74, 6) is -0.155. The third-order valence-corrected chi connectivity index (χ3v) is 3.67. The average molecular weight is 295 g/mol.